The van der Waals surface area contributed by atoms with Crippen LogP contribution >= 0.6 is 0 Å². The highest BCUT2D eigenvalue weighted by Gasteiger charge is 2.14. The zero-order valence-electron chi connectivity index (χ0n) is 15.6. The molecule has 0 saturated carbocycles. The molecule has 0 unspecified atom stereocenters. The number of carbonyl (C=O) groups excluding carboxylic acids is 1. The molecule has 1 amide bonds. The number of carbonyl (C=O) groups is 1. The van der Waals surface area contributed by atoms with Crippen LogP contribution in [-0.4, -0.2) is 30.1 Å². The van der Waals surface area contributed by atoms with Crippen LogP contribution in [0.15, 0.2) is 59.6 Å². The number of aromatic nitrogens is 2. The number of imidazole rings is 1. The molecule has 6 nitrogen and oxygen atoms in total. The lowest BCUT2D eigenvalue weighted by atomic mass is 10.1. The van der Waals surface area contributed by atoms with Gasteiger partial charge in [-0.25, -0.2) is 13.4 Å². The van der Waals surface area contributed by atoms with Crippen LogP contribution in [0.1, 0.15) is 29.0 Å². The number of sulfone groups is 1. The molecule has 0 saturated heterocycles. The summed E-state index contributed by atoms with van der Waals surface area (Å²) >= 11 is 0. The zero-order chi connectivity index (χ0) is 19.7. The summed E-state index contributed by atoms with van der Waals surface area (Å²) in [6.45, 7) is 1.02. The lowest BCUT2D eigenvalue weighted by Crippen LogP contribution is -2.12. The molecular formula is C21H21N3O3S. The first kappa shape index (κ1) is 18.4. The molecule has 1 aromatic heterocycles. The summed E-state index contributed by atoms with van der Waals surface area (Å²) in [5.41, 5.74) is 2.88. The lowest BCUT2D eigenvalue weighted by Gasteiger charge is -2.11. The van der Waals surface area contributed by atoms with E-state index in [0.29, 0.717) is 11.3 Å². The Morgan fingerprint density at radius 2 is 1.89 bits per heavy atom. The average Bonchev–Trinajstić information content (AvgIpc) is 3.12. The molecular weight excluding hydrogens is 374 g/mol. The van der Waals surface area contributed by atoms with Gasteiger partial charge in [0.2, 0.25) is 0 Å². The molecule has 3 aromatic rings. The highest BCUT2D eigenvalue weighted by molar-refractivity contribution is 7.90. The first-order valence-electron chi connectivity index (χ1n) is 9.18. The standard InChI is InChI=1S/C21H21N3O3S/c1-28(26,27)18-6-4-5-16(13-18)21(25)22-17-10-8-15(9-11-17)19-14-24-12-3-2-7-20(24)23-19/h4-6,8-11,13-14H,2-3,7,12H2,1H3,(H,22,25). The Balaban J connectivity index is 1.50. The predicted octanol–water partition coefficient (Wildman–Crippen LogP) is 3.54. The molecule has 1 aliphatic rings. The third-order valence-corrected chi connectivity index (χ3v) is 5.98. The van der Waals surface area contributed by atoms with Gasteiger partial charge in [0.05, 0.1) is 10.6 Å². The largest absolute Gasteiger partial charge is 0.334 e. The maximum Gasteiger partial charge on any atom is 0.255 e. The minimum atomic E-state index is -3.36. The number of aryl methyl sites for hydroxylation is 2. The molecule has 7 heteroatoms. The number of nitrogens with one attached hydrogen (secondary N) is 1. The number of amides is 1. The Hall–Kier alpha value is -2.93. The minimum Gasteiger partial charge on any atom is -0.334 e. The number of anilines is 1. The number of nitrogens with zero attached hydrogens (tertiary/aromatic N) is 2. The van der Waals surface area contributed by atoms with E-state index in [0.717, 1.165) is 36.3 Å². The number of fused-ring (bicyclic) bond motifs is 1. The summed E-state index contributed by atoms with van der Waals surface area (Å²) in [4.78, 5) is 17.3. The van der Waals surface area contributed by atoms with E-state index in [1.165, 1.54) is 25.0 Å². The third-order valence-electron chi connectivity index (χ3n) is 4.87. The Bertz CT molecular complexity index is 1110. The highest BCUT2D eigenvalue weighted by Crippen LogP contribution is 2.24. The van der Waals surface area contributed by atoms with E-state index in [-0.39, 0.29) is 10.8 Å². The van der Waals surface area contributed by atoms with E-state index in [4.69, 9.17) is 4.98 Å². The van der Waals surface area contributed by atoms with Crippen molar-refractivity contribution in [1.29, 1.82) is 0 Å². The molecule has 0 fully saturated rings. The van der Waals surface area contributed by atoms with Crippen LogP contribution < -0.4 is 5.32 Å². The number of rotatable bonds is 4. The van der Waals surface area contributed by atoms with Crippen molar-refractivity contribution in [2.24, 2.45) is 0 Å². The fourth-order valence-corrected chi connectivity index (χ4v) is 4.01. The number of hydrogen-bond donors (Lipinski definition) is 1. The SMILES string of the molecule is CS(=O)(=O)c1cccc(C(=O)Nc2ccc(-c3cn4c(n3)CCCC4)cc2)c1. The van der Waals surface area contributed by atoms with E-state index in [2.05, 4.69) is 16.1 Å². The average molecular weight is 395 g/mol. The van der Waals surface area contributed by atoms with Gasteiger partial charge in [-0.15, -0.1) is 0 Å². The molecule has 0 spiro atoms. The quantitative estimate of drug-likeness (QED) is 0.733. The molecule has 1 aliphatic heterocycles. The van der Waals surface area contributed by atoms with Crippen LogP contribution in [0.5, 0.6) is 0 Å². The van der Waals surface area contributed by atoms with Crippen molar-refractivity contribution in [2.45, 2.75) is 30.7 Å². The van der Waals surface area contributed by atoms with Crippen molar-refractivity contribution in [3.05, 3.63) is 66.1 Å². The monoisotopic (exact) mass is 395 g/mol. The first-order chi connectivity index (χ1) is 13.4. The predicted molar refractivity (Wildman–Crippen MR) is 108 cm³/mol. The van der Waals surface area contributed by atoms with Gasteiger partial charge >= 0.3 is 0 Å². The first-order valence-corrected chi connectivity index (χ1v) is 11.1. The smallest absolute Gasteiger partial charge is 0.255 e. The molecule has 1 N–H and O–H groups in total. The number of benzene rings is 2. The van der Waals surface area contributed by atoms with Gasteiger partial charge in [-0.05, 0) is 43.2 Å². The summed E-state index contributed by atoms with van der Waals surface area (Å²) in [5.74, 6) is 0.778. The van der Waals surface area contributed by atoms with Gasteiger partial charge in [0.1, 0.15) is 5.82 Å². The topological polar surface area (TPSA) is 81.1 Å². The Kier molecular flexibility index (Phi) is 4.77. The molecule has 0 radical (unpaired) electrons. The molecule has 2 heterocycles. The van der Waals surface area contributed by atoms with Gasteiger partial charge in [0.15, 0.2) is 9.84 Å². The fourth-order valence-electron chi connectivity index (χ4n) is 3.35. The summed E-state index contributed by atoms with van der Waals surface area (Å²) in [6.07, 6.45) is 6.59. The van der Waals surface area contributed by atoms with Gasteiger partial charge in [-0.1, -0.05) is 18.2 Å². The van der Waals surface area contributed by atoms with Crippen LogP contribution in [0, 0.1) is 0 Å². The van der Waals surface area contributed by atoms with Crippen molar-refractivity contribution in [3.63, 3.8) is 0 Å². The van der Waals surface area contributed by atoms with E-state index in [1.807, 2.05) is 24.3 Å². The molecule has 0 atom stereocenters. The Labute approximate surface area is 164 Å². The molecule has 4 rings (SSSR count). The minimum absolute atomic E-state index is 0.124. The fraction of sp³-hybridized carbons (Fsp3) is 0.238. The van der Waals surface area contributed by atoms with E-state index in [9.17, 15) is 13.2 Å². The molecule has 2 aromatic carbocycles. The Morgan fingerprint density at radius 3 is 2.61 bits per heavy atom. The van der Waals surface area contributed by atoms with Gasteiger partial charge in [0.25, 0.3) is 5.91 Å². The van der Waals surface area contributed by atoms with Gasteiger partial charge in [0, 0.05) is 42.2 Å². The van der Waals surface area contributed by atoms with Gasteiger partial charge in [-0.2, -0.15) is 0 Å². The van der Waals surface area contributed by atoms with Crippen LogP contribution in [0.2, 0.25) is 0 Å². The molecule has 0 bridgehead atoms. The normalized spacial score (nSPS) is 13.8. The summed E-state index contributed by atoms with van der Waals surface area (Å²) < 4.78 is 25.6. The maximum absolute atomic E-state index is 12.5. The van der Waals surface area contributed by atoms with Gasteiger partial charge in [-0.3, -0.25) is 4.79 Å². The third kappa shape index (κ3) is 3.84. The van der Waals surface area contributed by atoms with E-state index < -0.39 is 9.84 Å². The molecule has 0 aliphatic carbocycles. The van der Waals surface area contributed by atoms with Crippen molar-refractivity contribution in [1.82, 2.24) is 9.55 Å². The van der Waals surface area contributed by atoms with Crippen molar-refractivity contribution in [2.75, 3.05) is 11.6 Å². The second kappa shape index (κ2) is 7.24. The summed E-state index contributed by atoms with van der Waals surface area (Å²) in [5, 5.41) is 2.81. The van der Waals surface area contributed by atoms with E-state index >= 15 is 0 Å². The Morgan fingerprint density at radius 1 is 1.11 bits per heavy atom. The van der Waals surface area contributed by atoms with Crippen molar-refractivity contribution < 1.29 is 13.2 Å². The summed E-state index contributed by atoms with van der Waals surface area (Å²) in [6, 6.07) is 13.5. The number of hydrogen-bond acceptors (Lipinski definition) is 4. The second-order valence-electron chi connectivity index (χ2n) is 7.02. The molecule has 144 valence electrons. The zero-order valence-corrected chi connectivity index (χ0v) is 16.4. The second-order valence-corrected chi connectivity index (χ2v) is 9.04. The van der Waals surface area contributed by atoms with Crippen LogP contribution in [-0.2, 0) is 22.8 Å². The summed E-state index contributed by atoms with van der Waals surface area (Å²) in [7, 11) is -3.36. The van der Waals surface area contributed by atoms with Crippen LogP contribution in [0.25, 0.3) is 11.3 Å². The maximum atomic E-state index is 12.5. The van der Waals surface area contributed by atoms with Crippen molar-refractivity contribution in [3.8, 4) is 11.3 Å². The highest BCUT2D eigenvalue weighted by atomic mass is 32.2. The lowest BCUT2D eigenvalue weighted by molar-refractivity contribution is 0.102. The molecule has 28 heavy (non-hydrogen) atoms. The van der Waals surface area contributed by atoms with Crippen LogP contribution in [0.4, 0.5) is 5.69 Å². The van der Waals surface area contributed by atoms with E-state index in [1.54, 1.807) is 12.1 Å². The van der Waals surface area contributed by atoms with Crippen molar-refractivity contribution >= 4 is 21.4 Å². The van der Waals surface area contributed by atoms with Crippen LogP contribution in [0.3, 0.4) is 0 Å². The van der Waals surface area contributed by atoms with Gasteiger partial charge < -0.3 is 9.88 Å².